The van der Waals surface area contributed by atoms with Crippen molar-refractivity contribution in [1.82, 2.24) is 9.05 Å². The maximum atomic E-state index is 14.0. The van der Waals surface area contributed by atoms with Gasteiger partial charge in [0, 0.05) is 29.3 Å². The second kappa shape index (κ2) is 14.9. The molecule has 1 fully saturated rings. The molecular weight excluding hydrogens is 663 g/mol. The van der Waals surface area contributed by atoms with Crippen molar-refractivity contribution in [3.05, 3.63) is 127 Å². The van der Waals surface area contributed by atoms with Crippen LogP contribution in [0.4, 0.5) is 24.7 Å². The quantitative estimate of drug-likeness (QED) is 0.0940. The Kier molecular flexibility index (Phi) is 10.9. The van der Waals surface area contributed by atoms with E-state index in [0.29, 0.717) is 29.8 Å². The smallest absolute Gasteiger partial charge is 0.461 e. The first-order valence-corrected chi connectivity index (χ1v) is 16.0. The topological polar surface area (TPSA) is 96.2 Å². The Morgan fingerprint density at radius 3 is 2.45 bits per heavy atom. The number of carbonyl (C=O) groups excluding carboxylic acids is 1. The van der Waals surface area contributed by atoms with E-state index in [1.807, 2.05) is 42.5 Å². The summed E-state index contributed by atoms with van der Waals surface area (Å²) in [4.78, 5) is 45.0. The zero-order chi connectivity index (χ0) is 35.3. The number of aliphatic imine (C=N–C) groups is 1. The lowest BCUT2D eigenvalue weighted by Gasteiger charge is -2.33. The van der Waals surface area contributed by atoms with Crippen LogP contribution in [0.5, 0.6) is 0 Å². The van der Waals surface area contributed by atoms with E-state index < -0.39 is 24.0 Å². The summed E-state index contributed by atoms with van der Waals surface area (Å²) in [6, 6.07) is 17.9. The Morgan fingerprint density at radius 1 is 1.08 bits per heavy atom. The van der Waals surface area contributed by atoms with Gasteiger partial charge in [-0.15, -0.1) is 18.2 Å². The molecule has 1 atom stereocenters. The van der Waals surface area contributed by atoms with Crippen LogP contribution in [0, 0.1) is 11.8 Å². The lowest BCUT2D eigenvalue weighted by molar-refractivity contribution is -0.319. The number of hydrogen-bond donors (Lipinski definition) is 0. The highest BCUT2D eigenvalue weighted by Gasteiger charge is 2.46. The zero-order valence-electron chi connectivity index (χ0n) is 27.2. The molecule has 3 aromatic rings. The lowest BCUT2D eigenvalue weighted by Crippen LogP contribution is -2.50. The molecule has 49 heavy (non-hydrogen) atoms. The van der Waals surface area contributed by atoms with E-state index in [4.69, 9.17) is 21.1 Å². The highest BCUT2D eigenvalue weighted by Crippen LogP contribution is 2.39. The van der Waals surface area contributed by atoms with Crippen molar-refractivity contribution >= 4 is 35.1 Å². The number of halogens is 4. The van der Waals surface area contributed by atoms with Crippen LogP contribution in [0.15, 0.2) is 99.2 Å². The fourth-order valence-corrected chi connectivity index (χ4v) is 6.09. The van der Waals surface area contributed by atoms with E-state index in [2.05, 4.69) is 9.73 Å². The van der Waals surface area contributed by atoms with Crippen LogP contribution in [0.2, 0.25) is 5.02 Å². The molecule has 0 radical (unpaired) electrons. The standard InChI is InChI=1S/C36H36ClF3N3O6/c1-23(9-7-8-16-48-36(38,39)40)49-35-41-32-31(43(35,3)21-24-12-14-29(37)15-13-24)30(44)20-27(33(45)42(32)2)17-26-18-28(19-26)34(46)47-22-25-10-5-4-6-11-25/h4-15,20,26,28H,16-19,21-22H2,1-3H3/q+1. The number of allylic oxidation sites excluding steroid dienone is 3. The van der Waals surface area contributed by atoms with Crippen molar-refractivity contribution in [3.63, 3.8) is 0 Å². The summed E-state index contributed by atoms with van der Waals surface area (Å²) in [5.41, 5.74) is 1.44. The van der Waals surface area contributed by atoms with Crippen molar-refractivity contribution in [2.24, 2.45) is 23.9 Å². The lowest BCUT2D eigenvalue weighted by atomic mass is 9.72. The highest BCUT2D eigenvalue weighted by atomic mass is 35.5. The number of carbonyl (C=O) groups is 1. The summed E-state index contributed by atoms with van der Waals surface area (Å²) < 4.78 is 53.3. The SMILES string of the molecule is CC(=CC=CCOC(F)(F)F)OC1=Nc2c(c(=O)cc(CC3CC(C(=O)OCc4ccccc4)C3)c(=O)n2C)[N+]1(C)Cc1ccc(Cl)cc1. The molecule has 0 N–H and O–H groups in total. The average molecular weight is 699 g/mol. The number of ether oxygens (including phenoxy) is 3. The summed E-state index contributed by atoms with van der Waals surface area (Å²) in [6.45, 7) is 1.32. The molecule has 1 aliphatic carbocycles. The summed E-state index contributed by atoms with van der Waals surface area (Å²) in [6.07, 6.45) is 0.630. The molecular formula is C36H36ClF3N3O6+. The van der Waals surface area contributed by atoms with Gasteiger partial charge in [0.05, 0.1) is 19.6 Å². The molecule has 5 rings (SSSR count). The van der Waals surface area contributed by atoms with Gasteiger partial charge >= 0.3 is 18.4 Å². The monoisotopic (exact) mass is 698 g/mol. The first-order valence-electron chi connectivity index (χ1n) is 15.6. The second-order valence-corrected chi connectivity index (χ2v) is 12.8. The van der Waals surface area contributed by atoms with Crippen LogP contribution >= 0.6 is 11.6 Å². The molecule has 258 valence electrons. The van der Waals surface area contributed by atoms with Gasteiger partial charge < -0.3 is 9.47 Å². The number of fused-ring (bicyclic) bond motifs is 1. The largest absolute Gasteiger partial charge is 0.522 e. The van der Waals surface area contributed by atoms with Crippen LogP contribution in [0.1, 0.15) is 36.5 Å². The molecule has 2 aliphatic rings. The summed E-state index contributed by atoms with van der Waals surface area (Å²) in [5, 5.41) is 0.532. The molecule has 2 heterocycles. The third kappa shape index (κ3) is 8.75. The minimum atomic E-state index is -4.75. The summed E-state index contributed by atoms with van der Waals surface area (Å²) in [5.74, 6) is -0.107. The first kappa shape index (κ1) is 35.8. The molecule has 2 aromatic carbocycles. The van der Waals surface area contributed by atoms with E-state index in [1.165, 1.54) is 28.9 Å². The molecule has 1 aliphatic heterocycles. The predicted octanol–water partition coefficient (Wildman–Crippen LogP) is 6.86. The summed E-state index contributed by atoms with van der Waals surface area (Å²) in [7, 11) is 3.28. The minimum absolute atomic E-state index is 0.0262. The van der Waals surface area contributed by atoms with Crippen molar-refractivity contribution in [2.45, 2.75) is 45.7 Å². The van der Waals surface area contributed by atoms with Gasteiger partial charge in [0.15, 0.2) is 0 Å². The molecule has 0 saturated heterocycles. The van der Waals surface area contributed by atoms with Gasteiger partial charge in [0.25, 0.3) is 5.56 Å². The van der Waals surface area contributed by atoms with Crippen LogP contribution < -0.4 is 15.5 Å². The van der Waals surface area contributed by atoms with Gasteiger partial charge in [-0.1, -0.05) is 66.2 Å². The Bertz CT molecular complexity index is 1900. The highest BCUT2D eigenvalue weighted by molar-refractivity contribution is 6.30. The molecule has 13 heteroatoms. The van der Waals surface area contributed by atoms with Crippen molar-refractivity contribution in [1.29, 1.82) is 0 Å². The van der Waals surface area contributed by atoms with Crippen LogP contribution in [0.3, 0.4) is 0 Å². The molecule has 0 spiro atoms. The number of rotatable bonds is 11. The van der Waals surface area contributed by atoms with Gasteiger partial charge in [-0.2, -0.15) is 0 Å². The van der Waals surface area contributed by atoms with Crippen LogP contribution in [-0.2, 0) is 45.6 Å². The van der Waals surface area contributed by atoms with Gasteiger partial charge in [-0.25, -0.2) is 4.48 Å². The summed E-state index contributed by atoms with van der Waals surface area (Å²) >= 11 is 6.11. The number of esters is 1. The first-order chi connectivity index (χ1) is 23.2. The Balaban J connectivity index is 1.38. The van der Waals surface area contributed by atoms with E-state index >= 15 is 0 Å². The fraction of sp³-hybridized carbons (Fsp3) is 0.333. The van der Waals surface area contributed by atoms with Gasteiger partial charge in [0.2, 0.25) is 16.9 Å². The molecule has 9 nitrogen and oxygen atoms in total. The van der Waals surface area contributed by atoms with E-state index in [0.717, 1.165) is 11.1 Å². The Hall–Kier alpha value is -4.52. The number of nitrogens with zero attached hydrogens (tertiary/aromatic N) is 3. The Morgan fingerprint density at radius 2 is 1.78 bits per heavy atom. The van der Waals surface area contributed by atoms with E-state index in [-0.39, 0.29) is 58.7 Å². The normalized spacial score (nSPS) is 20.5. The second-order valence-electron chi connectivity index (χ2n) is 12.3. The maximum absolute atomic E-state index is 14.0. The molecule has 1 saturated carbocycles. The zero-order valence-corrected chi connectivity index (χ0v) is 28.0. The number of amidine groups is 1. The van der Waals surface area contributed by atoms with Crippen molar-refractivity contribution in [2.75, 3.05) is 13.7 Å². The number of alkyl halides is 3. The maximum Gasteiger partial charge on any atom is 0.522 e. The van der Waals surface area contributed by atoms with Gasteiger partial charge in [-0.05, 0) is 55.9 Å². The third-order valence-electron chi connectivity index (χ3n) is 8.54. The van der Waals surface area contributed by atoms with Gasteiger partial charge in [-0.3, -0.25) is 23.7 Å². The van der Waals surface area contributed by atoms with Gasteiger partial charge in [0.1, 0.15) is 18.9 Å². The molecule has 1 unspecified atom stereocenters. The van der Waals surface area contributed by atoms with E-state index in [9.17, 15) is 27.6 Å². The molecule has 0 bridgehead atoms. The number of benzene rings is 2. The van der Waals surface area contributed by atoms with Crippen molar-refractivity contribution in [3.8, 4) is 0 Å². The molecule has 1 aromatic heterocycles. The average Bonchev–Trinajstić information content (AvgIpc) is 3.27. The number of quaternary nitrogens is 1. The molecule has 0 amide bonds. The Labute approximate surface area is 286 Å². The van der Waals surface area contributed by atoms with Crippen LogP contribution in [-0.4, -0.2) is 36.6 Å². The predicted molar refractivity (Wildman–Crippen MR) is 180 cm³/mol. The van der Waals surface area contributed by atoms with Crippen molar-refractivity contribution < 1.29 is 32.2 Å². The van der Waals surface area contributed by atoms with E-state index in [1.54, 1.807) is 33.2 Å². The minimum Gasteiger partial charge on any atom is -0.461 e. The number of hydrogen-bond acceptors (Lipinski definition) is 7. The van der Waals surface area contributed by atoms with Crippen LogP contribution in [0.25, 0.3) is 0 Å². The fourth-order valence-electron chi connectivity index (χ4n) is 5.96. The number of aromatic nitrogens is 1. The third-order valence-corrected chi connectivity index (χ3v) is 8.79.